The Labute approximate surface area is 110 Å². The van der Waals surface area contributed by atoms with E-state index in [4.69, 9.17) is 5.73 Å². The van der Waals surface area contributed by atoms with Crippen molar-refractivity contribution in [2.24, 2.45) is 0 Å². The van der Waals surface area contributed by atoms with Gasteiger partial charge in [-0.3, -0.25) is 0 Å². The lowest BCUT2D eigenvalue weighted by atomic mass is 10.1. The van der Waals surface area contributed by atoms with Gasteiger partial charge in [0, 0.05) is 6.54 Å². The van der Waals surface area contributed by atoms with Crippen LogP contribution in [0, 0.1) is 6.92 Å². The third-order valence-corrected chi connectivity index (χ3v) is 4.18. The van der Waals surface area contributed by atoms with Crippen LogP contribution in [0.4, 0.5) is 10.8 Å². The van der Waals surface area contributed by atoms with Crippen LogP contribution in [0.2, 0.25) is 0 Å². The predicted molar refractivity (Wildman–Crippen MR) is 76.8 cm³/mol. The topological polar surface area (TPSA) is 50.9 Å². The van der Waals surface area contributed by atoms with E-state index in [1.54, 1.807) is 11.8 Å². The SMILES string of the molecule is CSc1c(N)nsc1NCc1cccc(C)c1. The minimum Gasteiger partial charge on any atom is -0.382 e. The van der Waals surface area contributed by atoms with Crippen LogP contribution in [0.3, 0.4) is 0 Å². The van der Waals surface area contributed by atoms with Gasteiger partial charge in [0.1, 0.15) is 5.00 Å². The minimum atomic E-state index is 0.620. The molecule has 0 amide bonds. The molecular weight excluding hydrogens is 250 g/mol. The zero-order chi connectivity index (χ0) is 12.3. The molecule has 0 fully saturated rings. The average Bonchev–Trinajstić information content (AvgIpc) is 2.67. The van der Waals surface area contributed by atoms with Gasteiger partial charge in [0.05, 0.1) is 4.90 Å². The van der Waals surface area contributed by atoms with Crippen LogP contribution < -0.4 is 11.1 Å². The summed E-state index contributed by atoms with van der Waals surface area (Å²) in [4.78, 5) is 1.04. The van der Waals surface area contributed by atoms with Crippen LogP contribution in [0.25, 0.3) is 0 Å². The van der Waals surface area contributed by atoms with Crippen molar-refractivity contribution in [3.05, 3.63) is 35.4 Å². The summed E-state index contributed by atoms with van der Waals surface area (Å²) in [6.07, 6.45) is 2.01. The molecule has 1 aromatic carbocycles. The second kappa shape index (κ2) is 5.42. The number of hydrogen-bond acceptors (Lipinski definition) is 5. The summed E-state index contributed by atoms with van der Waals surface area (Å²) in [5.74, 6) is 0.620. The van der Waals surface area contributed by atoms with Crippen LogP contribution in [-0.4, -0.2) is 10.6 Å². The third kappa shape index (κ3) is 2.92. The number of nitrogens with zero attached hydrogens (tertiary/aromatic N) is 1. The minimum absolute atomic E-state index is 0.620. The van der Waals surface area contributed by atoms with Crippen molar-refractivity contribution in [2.45, 2.75) is 18.4 Å². The molecule has 5 heteroatoms. The van der Waals surface area contributed by atoms with E-state index in [0.717, 1.165) is 16.4 Å². The number of nitrogens with two attached hydrogens (primary N) is 1. The molecule has 0 saturated carbocycles. The quantitative estimate of drug-likeness (QED) is 0.832. The van der Waals surface area contributed by atoms with Gasteiger partial charge >= 0.3 is 0 Å². The summed E-state index contributed by atoms with van der Waals surface area (Å²) in [7, 11) is 0. The number of anilines is 2. The molecule has 90 valence electrons. The highest BCUT2D eigenvalue weighted by atomic mass is 32.2. The Morgan fingerprint density at radius 2 is 2.29 bits per heavy atom. The molecule has 2 aromatic rings. The first-order valence-corrected chi connectivity index (χ1v) is 7.29. The van der Waals surface area contributed by atoms with E-state index in [2.05, 4.69) is 40.9 Å². The van der Waals surface area contributed by atoms with E-state index in [1.807, 2.05) is 6.26 Å². The average molecular weight is 265 g/mol. The van der Waals surface area contributed by atoms with Crippen molar-refractivity contribution in [3.8, 4) is 0 Å². The lowest BCUT2D eigenvalue weighted by Crippen LogP contribution is -1.99. The first-order chi connectivity index (χ1) is 8.20. The highest BCUT2D eigenvalue weighted by molar-refractivity contribution is 7.99. The van der Waals surface area contributed by atoms with E-state index in [9.17, 15) is 0 Å². The maximum Gasteiger partial charge on any atom is 0.153 e. The molecule has 0 aliphatic heterocycles. The Balaban J connectivity index is 2.07. The Hall–Kier alpha value is -1.20. The Morgan fingerprint density at radius 1 is 1.47 bits per heavy atom. The van der Waals surface area contributed by atoms with Gasteiger partial charge in [-0.2, -0.15) is 4.37 Å². The smallest absolute Gasteiger partial charge is 0.153 e. The van der Waals surface area contributed by atoms with Gasteiger partial charge in [0.25, 0.3) is 0 Å². The van der Waals surface area contributed by atoms with Crippen molar-refractivity contribution in [1.82, 2.24) is 4.37 Å². The summed E-state index contributed by atoms with van der Waals surface area (Å²) in [6, 6.07) is 8.46. The fourth-order valence-corrected chi connectivity index (χ4v) is 3.15. The zero-order valence-corrected chi connectivity index (χ0v) is 11.5. The molecule has 0 atom stereocenters. The van der Waals surface area contributed by atoms with Crippen LogP contribution in [0.5, 0.6) is 0 Å². The molecule has 3 N–H and O–H groups in total. The van der Waals surface area contributed by atoms with Gasteiger partial charge in [-0.1, -0.05) is 29.8 Å². The summed E-state index contributed by atoms with van der Waals surface area (Å²) in [6.45, 7) is 2.90. The van der Waals surface area contributed by atoms with Crippen molar-refractivity contribution < 1.29 is 0 Å². The highest BCUT2D eigenvalue weighted by Gasteiger charge is 2.09. The number of thioether (sulfide) groups is 1. The first-order valence-electron chi connectivity index (χ1n) is 5.29. The first kappa shape index (κ1) is 12.3. The van der Waals surface area contributed by atoms with Crippen molar-refractivity contribution in [3.63, 3.8) is 0 Å². The molecular formula is C12H15N3S2. The zero-order valence-electron chi connectivity index (χ0n) is 9.86. The number of rotatable bonds is 4. The van der Waals surface area contributed by atoms with E-state index in [0.29, 0.717) is 5.82 Å². The molecule has 0 radical (unpaired) electrons. The number of benzene rings is 1. The van der Waals surface area contributed by atoms with Gasteiger partial charge in [-0.05, 0) is 30.3 Å². The van der Waals surface area contributed by atoms with Gasteiger partial charge in [0.2, 0.25) is 0 Å². The van der Waals surface area contributed by atoms with E-state index in [-0.39, 0.29) is 0 Å². The number of aromatic nitrogens is 1. The molecule has 0 spiro atoms. The molecule has 0 bridgehead atoms. The van der Waals surface area contributed by atoms with Gasteiger partial charge in [-0.25, -0.2) is 0 Å². The highest BCUT2D eigenvalue weighted by Crippen LogP contribution is 2.34. The normalized spacial score (nSPS) is 10.5. The molecule has 2 rings (SSSR count). The van der Waals surface area contributed by atoms with Crippen LogP contribution >= 0.6 is 23.3 Å². The van der Waals surface area contributed by atoms with Crippen molar-refractivity contribution >= 4 is 34.1 Å². The number of hydrogen-bond donors (Lipinski definition) is 2. The fraction of sp³-hybridized carbons (Fsp3) is 0.250. The molecule has 0 aliphatic rings. The Morgan fingerprint density at radius 3 is 3.00 bits per heavy atom. The van der Waals surface area contributed by atoms with E-state index >= 15 is 0 Å². The largest absolute Gasteiger partial charge is 0.382 e. The van der Waals surface area contributed by atoms with Crippen molar-refractivity contribution in [1.29, 1.82) is 0 Å². The summed E-state index contributed by atoms with van der Waals surface area (Å²) in [5.41, 5.74) is 8.33. The monoisotopic (exact) mass is 265 g/mol. The number of nitrogens with one attached hydrogen (secondary N) is 1. The predicted octanol–water partition coefficient (Wildman–Crippen LogP) is 3.37. The van der Waals surface area contributed by atoms with Gasteiger partial charge in [-0.15, -0.1) is 11.8 Å². The summed E-state index contributed by atoms with van der Waals surface area (Å²) < 4.78 is 4.15. The Kier molecular flexibility index (Phi) is 3.91. The molecule has 17 heavy (non-hydrogen) atoms. The lowest BCUT2D eigenvalue weighted by molar-refractivity contribution is 1.14. The lowest BCUT2D eigenvalue weighted by Gasteiger charge is -2.06. The fourth-order valence-electron chi connectivity index (χ4n) is 1.61. The van der Waals surface area contributed by atoms with Gasteiger partial charge < -0.3 is 11.1 Å². The summed E-state index contributed by atoms with van der Waals surface area (Å²) in [5, 5.41) is 4.44. The van der Waals surface area contributed by atoms with Crippen LogP contribution in [0.15, 0.2) is 29.2 Å². The second-order valence-corrected chi connectivity index (χ2v) is 5.36. The molecule has 1 aromatic heterocycles. The molecule has 0 aliphatic carbocycles. The van der Waals surface area contributed by atoms with E-state index < -0.39 is 0 Å². The van der Waals surface area contributed by atoms with E-state index in [1.165, 1.54) is 22.7 Å². The second-order valence-electron chi connectivity index (χ2n) is 3.77. The van der Waals surface area contributed by atoms with Gasteiger partial charge in [0.15, 0.2) is 5.82 Å². The standard InChI is InChI=1S/C12H15N3S2/c1-8-4-3-5-9(6-8)7-14-12-10(16-2)11(13)15-17-12/h3-6,14H,7H2,1-2H3,(H2,13,15). The third-order valence-electron chi connectivity index (χ3n) is 2.41. The summed E-state index contributed by atoms with van der Waals surface area (Å²) >= 11 is 3.04. The molecule has 0 unspecified atom stereocenters. The number of aryl methyl sites for hydroxylation is 1. The maximum atomic E-state index is 5.78. The van der Waals surface area contributed by atoms with Crippen LogP contribution in [-0.2, 0) is 6.54 Å². The Bertz CT molecular complexity index is 508. The molecule has 1 heterocycles. The number of nitrogen functional groups attached to an aromatic ring is 1. The maximum absolute atomic E-state index is 5.78. The van der Waals surface area contributed by atoms with Crippen molar-refractivity contribution in [2.75, 3.05) is 17.3 Å². The molecule has 0 saturated heterocycles. The van der Waals surface area contributed by atoms with Crippen LogP contribution in [0.1, 0.15) is 11.1 Å². The molecule has 3 nitrogen and oxygen atoms in total.